The second-order valence-corrected chi connectivity index (χ2v) is 5.45. The van der Waals surface area contributed by atoms with Gasteiger partial charge in [-0.25, -0.2) is 8.42 Å². The Labute approximate surface area is 67.2 Å². The fraction of sp³-hybridized carbons (Fsp3) is 1.00. The number of hydrogen-bond donors (Lipinski definition) is 0. The van der Waals surface area contributed by atoms with Crippen LogP contribution < -0.4 is 0 Å². The van der Waals surface area contributed by atoms with Crippen molar-refractivity contribution in [1.82, 2.24) is 3.71 Å². The van der Waals surface area contributed by atoms with Crippen molar-refractivity contribution in [1.29, 1.82) is 0 Å². The van der Waals surface area contributed by atoms with Crippen LogP contribution in [0.3, 0.4) is 0 Å². The number of nitrogens with zero attached hydrogens (tertiary/aromatic N) is 1. The van der Waals surface area contributed by atoms with Gasteiger partial charge in [0.25, 0.3) is 0 Å². The molecule has 0 saturated heterocycles. The highest BCUT2D eigenvalue weighted by molar-refractivity contribution is 9.50. The van der Waals surface area contributed by atoms with Crippen molar-refractivity contribution in [3.8, 4) is 0 Å². The van der Waals surface area contributed by atoms with Crippen molar-refractivity contribution < 1.29 is 8.42 Å². The van der Waals surface area contributed by atoms with E-state index in [0.717, 1.165) is 10.4 Å². The van der Waals surface area contributed by atoms with E-state index < -0.39 is 10.0 Å². The summed E-state index contributed by atoms with van der Waals surface area (Å²) in [6.07, 6.45) is 0. The summed E-state index contributed by atoms with van der Waals surface area (Å²) >= 11 is 2.95. The topological polar surface area (TPSA) is 37.4 Å². The van der Waals surface area contributed by atoms with Gasteiger partial charge in [-0.3, -0.25) is 0 Å². The highest BCUT2D eigenvalue weighted by Gasteiger charge is 2.13. The van der Waals surface area contributed by atoms with E-state index >= 15 is 0 Å². The molecule has 0 radical (unpaired) electrons. The average Bonchev–Trinajstić information content (AvgIpc) is 1.86. The minimum atomic E-state index is -3.00. The Morgan fingerprint density at radius 3 is 2.22 bits per heavy atom. The molecule has 0 unspecified atom stereocenters. The monoisotopic (exact) mass is 233 g/mol. The van der Waals surface area contributed by atoms with Crippen molar-refractivity contribution in [2.75, 3.05) is 12.8 Å². The van der Waals surface area contributed by atoms with Crippen LogP contribution in [0.25, 0.3) is 0 Å². The molecule has 0 heterocycles. The van der Waals surface area contributed by atoms with Gasteiger partial charge in [0.1, 0.15) is 0 Å². The molecule has 0 amide bonds. The van der Waals surface area contributed by atoms with Crippen LogP contribution in [-0.2, 0) is 10.0 Å². The maximum atomic E-state index is 10.8. The van der Waals surface area contributed by atoms with Gasteiger partial charge in [0.2, 0.25) is 10.0 Å². The van der Waals surface area contributed by atoms with Crippen LogP contribution in [0.1, 0.15) is 6.92 Å². The Morgan fingerprint density at radius 2 is 2.11 bits per heavy atom. The van der Waals surface area contributed by atoms with E-state index in [-0.39, 0.29) is 5.75 Å². The molecule has 0 fully saturated rings. The largest absolute Gasteiger partial charge is 0.223 e. The Kier molecular flexibility index (Phi) is 4.11. The number of halogens is 1. The summed E-state index contributed by atoms with van der Waals surface area (Å²) in [5.74, 6) is 0.141. The first-order valence-electron chi connectivity index (χ1n) is 2.30. The Morgan fingerprint density at radius 1 is 1.67 bits per heavy atom. The predicted octanol–water partition coefficient (Wildman–Crippen LogP) is 1.23. The summed E-state index contributed by atoms with van der Waals surface area (Å²) < 4.78 is 22.8. The lowest BCUT2D eigenvalue weighted by molar-refractivity contribution is 0.567. The predicted molar refractivity (Wildman–Crippen MR) is 43.7 cm³/mol. The maximum Gasteiger partial charge on any atom is 0.223 e. The molecule has 0 aliphatic heterocycles. The fourth-order valence-corrected chi connectivity index (χ4v) is 2.87. The van der Waals surface area contributed by atoms with E-state index in [0.29, 0.717) is 0 Å². The fourth-order valence-electron chi connectivity index (χ4n) is 0.225. The molecule has 6 heteroatoms. The Bertz CT molecular complexity index is 167. The maximum absolute atomic E-state index is 10.8. The SMILES string of the molecule is CCS(=O)(=O)N(C)SBr. The highest BCUT2D eigenvalue weighted by Crippen LogP contribution is 2.18. The molecule has 0 atom stereocenters. The number of rotatable bonds is 3. The molecule has 0 aliphatic carbocycles. The van der Waals surface area contributed by atoms with E-state index in [9.17, 15) is 8.42 Å². The second kappa shape index (κ2) is 3.80. The molecule has 0 aromatic carbocycles. The summed E-state index contributed by atoms with van der Waals surface area (Å²) in [5, 5.41) is 0. The third-order valence-corrected chi connectivity index (χ3v) is 5.34. The summed E-state index contributed by atoms with van der Waals surface area (Å²) in [4.78, 5) is 0. The average molecular weight is 234 g/mol. The molecular formula is C3H8BrNO2S2. The molecule has 0 rings (SSSR count). The molecule has 0 spiro atoms. The molecule has 3 nitrogen and oxygen atoms in total. The first kappa shape index (κ1) is 9.74. The lowest BCUT2D eigenvalue weighted by Crippen LogP contribution is -2.20. The summed E-state index contributed by atoms with van der Waals surface area (Å²) in [6, 6.07) is 0. The van der Waals surface area contributed by atoms with Crippen molar-refractivity contribution in [2.24, 2.45) is 0 Å². The quantitative estimate of drug-likeness (QED) is 0.689. The van der Waals surface area contributed by atoms with Gasteiger partial charge >= 0.3 is 0 Å². The highest BCUT2D eigenvalue weighted by atomic mass is 79.9. The summed E-state index contributed by atoms with van der Waals surface area (Å²) in [5.41, 5.74) is 0. The first-order valence-corrected chi connectivity index (χ1v) is 6.52. The van der Waals surface area contributed by atoms with Gasteiger partial charge in [0.15, 0.2) is 0 Å². The molecule has 56 valence electrons. The van der Waals surface area contributed by atoms with Crippen LogP contribution >= 0.6 is 25.2 Å². The van der Waals surface area contributed by atoms with Crippen LogP contribution in [0.15, 0.2) is 0 Å². The molecule has 0 aromatic rings. The van der Waals surface area contributed by atoms with E-state index in [1.165, 1.54) is 10.8 Å². The first-order chi connectivity index (χ1) is 4.04. The van der Waals surface area contributed by atoms with Crippen LogP contribution in [0, 0.1) is 0 Å². The minimum absolute atomic E-state index is 0.141. The molecule has 0 N–H and O–H groups in total. The van der Waals surface area contributed by atoms with Crippen LogP contribution in [0.4, 0.5) is 0 Å². The van der Waals surface area contributed by atoms with Gasteiger partial charge in [0, 0.05) is 32.2 Å². The Balaban J connectivity index is 4.17. The van der Waals surface area contributed by atoms with Gasteiger partial charge in [-0.1, -0.05) is 0 Å². The lowest BCUT2D eigenvalue weighted by atomic mass is 11.0. The smallest absolute Gasteiger partial charge is 0.211 e. The third-order valence-electron chi connectivity index (χ3n) is 0.854. The van der Waals surface area contributed by atoms with Crippen LogP contribution in [0.2, 0.25) is 0 Å². The van der Waals surface area contributed by atoms with Gasteiger partial charge in [-0.2, -0.15) is 0 Å². The molecular weight excluding hydrogens is 226 g/mol. The van der Waals surface area contributed by atoms with Gasteiger partial charge in [-0.05, 0) is 6.92 Å². The minimum Gasteiger partial charge on any atom is -0.211 e. The van der Waals surface area contributed by atoms with Gasteiger partial charge in [0.05, 0.1) is 5.75 Å². The van der Waals surface area contributed by atoms with E-state index in [2.05, 4.69) is 14.8 Å². The Hall–Kier alpha value is 0.740. The third kappa shape index (κ3) is 2.88. The zero-order valence-corrected chi connectivity index (χ0v) is 8.38. The summed E-state index contributed by atoms with van der Waals surface area (Å²) in [6.45, 7) is 1.61. The van der Waals surface area contributed by atoms with Crippen molar-refractivity contribution in [2.45, 2.75) is 6.92 Å². The number of hydrogen-bond acceptors (Lipinski definition) is 3. The molecule has 0 aromatic heterocycles. The van der Waals surface area contributed by atoms with Crippen LogP contribution in [0.5, 0.6) is 0 Å². The van der Waals surface area contributed by atoms with Gasteiger partial charge < -0.3 is 0 Å². The summed E-state index contributed by atoms with van der Waals surface area (Å²) in [7, 11) is -0.486. The molecule has 9 heavy (non-hydrogen) atoms. The standard InChI is InChI=1S/C3H8BrNO2S2/c1-3-9(6,7)5(2)8-4/h3H2,1-2H3. The lowest BCUT2D eigenvalue weighted by Gasteiger charge is -2.08. The zero-order chi connectivity index (χ0) is 7.49. The second-order valence-electron chi connectivity index (χ2n) is 1.38. The van der Waals surface area contributed by atoms with Crippen molar-refractivity contribution in [3.63, 3.8) is 0 Å². The van der Waals surface area contributed by atoms with Crippen molar-refractivity contribution in [3.05, 3.63) is 0 Å². The number of sulfonamides is 1. The molecule has 0 bridgehead atoms. The normalized spacial score (nSPS) is 12.4. The van der Waals surface area contributed by atoms with Crippen molar-refractivity contribution >= 4 is 35.2 Å². The van der Waals surface area contributed by atoms with E-state index in [4.69, 9.17) is 0 Å². The molecule has 0 aliphatic rings. The molecule has 0 saturated carbocycles. The van der Waals surface area contributed by atoms with Crippen LogP contribution in [-0.4, -0.2) is 24.9 Å². The van der Waals surface area contributed by atoms with E-state index in [1.54, 1.807) is 6.92 Å². The zero-order valence-electron chi connectivity index (χ0n) is 5.17. The van der Waals surface area contributed by atoms with Gasteiger partial charge in [-0.15, -0.1) is 3.71 Å². The van der Waals surface area contributed by atoms with E-state index in [1.807, 2.05) is 0 Å².